The van der Waals surface area contributed by atoms with E-state index >= 15 is 0 Å². The zero-order chi connectivity index (χ0) is 21.8. The molecular weight excluding hydrogens is 392 g/mol. The van der Waals surface area contributed by atoms with Crippen molar-refractivity contribution in [2.75, 3.05) is 16.8 Å². The van der Waals surface area contributed by atoms with Crippen molar-refractivity contribution in [3.05, 3.63) is 83.9 Å². The quantitative estimate of drug-likeness (QED) is 0.635. The molecule has 0 atom stereocenters. The van der Waals surface area contributed by atoms with Crippen LogP contribution >= 0.6 is 0 Å². The number of nitrogens with one attached hydrogen (secondary N) is 1. The van der Waals surface area contributed by atoms with E-state index in [2.05, 4.69) is 5.32 Å². The molecular formula is C25H24N2O4. The topological polar surface area (TPSA) is 67.9 Å². The highest BCUT2D eigenvalue weighted by Crippen LogP contribution is 2.32. The number of benzene rings is 3. The average Bonchev–Trinajstić information content (AvgIpc) is 2.77. The third kappa shape index (κ3) is 4.69. The number of hydrogen-bond donors (Lipinski definition) is 1. The highest BCUT2D eigenvalue weighted by atomic mass is 16.5. The first kappa shape index (κ1) is 20.5. The monoisotopic (exact) mass is 416 g/mol. The van der Waals surface area contributed by atoms with E-state index in [9.17, 15) is 9.59 Å². The molecule has 0 radical (unpaired) electrons. The number of hydrogen-bond acceptors (Lipinski definition) is 4. The number of carbonyl (C=O) groups is 2. The first-order chi connectivity index (χ1) is 15.0. The molecule has 1 heterocycles. The second kappa shape index (κ2) is 8.92. The minimum Gasteiger partial charge on any atom is -0.489 e. The van der Waals surface area contributed by atoms with Gasteiger partial charge in [0.15, 0.2) is 6.61 Å². The van der Waals surface area contributed by atoms with Gasteiger partial charge < -0.3 is 19.7 Å². The molecule has 0 aliphatic carbocycles. The average molecular weight is 416 g/mol. The minimum atomic E-state index is -0.223. The van der Waals surface area contributed by atoms with Gasteiger partial charge in [0.2, 0.25) is 0 Å². The number of carbonyl (C=O) groups excluding carboxylic acids is 2. The minimum absolute atomic E-state index is 0.00497. The lowest BCUT2D eigenvalue weighted by Crippen LogP contribution is -2.38. The van der Waals surface area contributed by atoms with Gasteiger partial charge in [-0.1, -0.05) is 36.4 Å². The summed E-state index contributed by atoms with van der Waals surface area (Å²) in [5, 5.41) is 2.91. The molecule has 0 spiro atoms. The Hall–Kier alpha value is -3.80. The standard InChI is InChI=1S/C25H24N2O4/c1-17(2)31-22-9-5-3-7-20(22)26-25(29)19-13-11-18(12-14-19)15-27-21-8-4-6-10-23(21)30-16-24(27)28/h3-14,17H,15-16H2,1-2H3,(H,26,29). The molecule has 1 aliphatic heterocycles. The summed E-state index contributed by atoms with van der Waals surface area (Å²) in [5.74, 6) is 1.01. The number of ether oxygens (including phenoxy) is 2. The van der Waals surface area contributed by atoms with Crippen molar-refractivity contribution in [1.29, 1.82) is 0 Å². The van der Waals surface area contributed by atoms with Gasteiger partial charge in [0.1, 0.15) is 11.5 Å². The molecule has 3 aromatic rings. The van der Waals surface area contributed by atoms with E-state index in [-0.39, 0.29) is 24.5 Å². The summed E-state index contributed by atoms with van der Waals surface area (Å²) < 4.78 is 11.3. The van der Waals surface area contributed by atoms with E-state index in [1.54, 1.807) is 17.0 Å². The van der Waals surface area contributed by atoms with Gasteiger partial charge in [-0.05, 0) is 55.8 Å². The summed E-state index contributed by atoms with van der Waals surface area (Å²) in [5.41, 5.74) is 2.82. The van der Waals surface area contributed by atoms with Crippen molar-refractivity contribution < 1.29 is 19.1 Å². The Bertz CT molecular complexity index is 1090. The Labute approximate surface area is 181 Å². The fraction of sp³-hybridized carbons (Fsp3) is 0.200. The molecule has 158 valence electrons. The molecule has 0 saturated carbocycles. The Morgan fingerprint density at radius 1 is 1.03 bits per heavy atom. The summed E-state index contributed by atoms with van der Waals surface area (Å²) in [6.07, 6.45) is 0.00497. The zero-order valence-corrected chi connectivity index (χ0v) is 17.5. The first-order valence-corrected chi connectivity index (χ1v) is 10.2. The van der Waals surface area contributed by atoms with Gasteiger partial charge in [-0.15, -0.1) is 0 Å². The number of para-hydroxylation sites is 4. The Kier molecular flexibility index (Phi) is 5.89. The summed E-state index contributed by atoms with van der Waals surface area (Å²) in [6, 6.07) is 22.1. The fourth-order valence-electron chi connectivity index (χ4n) is 3.39. The molecule has 6 nitrogen and oxygen atoms in total. The second-order valence-electron chi connectivity index (χ2n) is 7.55. The number of anilines is 2. The van der Waals surface area contributed by atoms with Crippen LogP contribution in [0.5, 0.6) is 11.5 Å². The van der Waals surface area contributed by atoms with Gasteiger partial charge in [-0.3, -0.25) is 9.59 Å². The zero-order valence-electron chi connectivity index (χ0n) is 17.5. The largest absolute Gasteiger partial charge is 0.489 e. The molecule has 31 heavy (non-hydrogen) atoms. The van der Waals surface area contributed by atoms with Crippen LogP contribution in [-0.2, 0) is 11.3 Å². The molecule has 6 heteroatoms. The molecule has 1 N–H and O–H groups in total. The van der Waals surface area contributed by atoms with Crippen LogP contribution < -0.4 is 19.7 Å². The first-order valence-electron chi connectivity index (χ1n) is 10.2. The second-order valence-corrected chi connectivity index (χ2v) is 7.55. The van der Waals surface area contributed by atoms with Crippen LogP contribution in [0.15, 0.2) is 72.8 Å². The third-order valence-electron chi connectivity index (χ3n) is 4.86. The molecule has 0 unspecified atom stereocenters. The van der Waals surface area contributed by atoms with E-state index in [0.29, 0.717) is 29.3 Å². The molecule has 1 aliphatic rings. The summed E-state index contributed by atoms with van der Waals surface area (Å²) >= 11 is 0. The smallest absolute Gasteiger partial charge is 0.265 e. The van der Waals surface area contributed by atoms with E-state index in [1.165, 1.54) is 0 Å². The highest BCUT2D eigenvalue weighted by Gasteiger charge is 2.25. The fourth-order valence-corrected chi connectivity index (χ4v) is 3.39. The maximum Gasteiger partial charge on any atom is 0.265 e. The van der Waals surface area contributed by atoms with Crippen LogP contribution in [0.4, 0.5) is 11.4 Å². The Morgan fingerprint density at radius 2 is 1.74 bits per heavy atom. The molecule has 0 fully saturated rings. The van der Waals surface area contributed by atoms with Gasteiger partial charge in [0, 0.05) is 5.56 Å². The van der Waals surface area contributed by atoms with Crippen molar-refractivity contribution in [2.24, 2.45) is 0 Å². The number of rotatable bonds is 6. The maximum absolute atomic E-state index is 12.7. The predicted molar refractivity (Wildman–Crippen MR) is 120 cm³/mol. The van der Waals surface area contributed by atoms with Crippen LogP contribution in [0, 0.1) is 0 Å². The van der Waals surface area contributed by atoms with Crippen molar-refractivity contribution in [2.45, 2.75) is 26.5 Å². The lowest BCUT2D eigenvalue weighted by atomic mass is 10.1. The lowest BCUT2D eigenvalue weighted by molar-refractivity contribution is -0.121. The van der Waals surface area contributed by atoms with Gasteiger partial charge in [0.05, 0.1) is 24.0 Å². The third-order valence-corrected chi connectivity index (χ3v) is 4.86. The van der Waals surface area contributed by atoms with Gasteiger partial charge in [0.25, 0.3) is 11.8 Å². The van der Waals surface area contributed by atoms with Crippen LogP contribution in [0.1, 0.15) is 29.8 Å². The van der Waals surface area contributed by atoms with Crippen LogP contribution in [0.25, 0.3) is 0 Å². The summed E-state index contributed by atoms with van der Waals surface area (Å²) in [7, 11) is 0. The molecule has 3 aromatic carbocycles. The Morgan fingerprint density at radius 3 is 2.52 bits per heavy atom. The van der Waals surface area contributed by atoms with E-state index in [0.717, 1.165) is 11.3 Å². The van der Waals surface area contributed by atoms with E-state index in [4.69, 9.17) is 9.47 Å². The Balaban J connectivity index is 1.47. The SMILES string of the molecule is CC(C)Oc1ccccc1NC(=O)c1ccc(CN2C(=O)COc3ccccc32)cc1. The normalized spacial score (nSPS) is 12.9. The van der Waals surface area contributed by atoms with Gasteiger partial charge in [-0.2, -0.15) is 0 Å². The van der Waals surface area contributed by atoms with Gasteiger partial charge >= 0.3 is 0 Å². The highest BCUT2D eigenvalue weighted by molar-refractivity contribution is 6.05. The van der Waals surface area contributed by atoms with E-state index in [1.807, 2.05) is 74.5 Å². The number of fused-ring (bicyclic) bond motifs is 1. The lowest BCUT2D eigenvalue weighted by Gasteiger charge is -2.29. The van der Waals surface area contributed by atoms with Crippen molar-refractivity contribution >= 4 is 23.2 Å². The molecule has 0 saturated heterocycles. The molecule has 2 amide bonds. The molecule has 0 bridgehead atoms. The van der Waals surface area contributed by atoms with Crippen LogP contribution in [0.3, 0.4) is 0 Å². The summed E-state index contributed by atoms with van der Waals surface area (Å²) in [4.78, 5) is 26.8. The molecule has 0 aromatic heterocycles. The van der Waals surface area contributed by atoms with Crippen LogP contribution in [0.2, 0.25) is 0 Å². The maximum atomic E-state index is 12.7. The predicted octanol–water partition coefficient (Wildman–Crippen LogP) is 4.65. The van der Waals surface area contributed by atoms with E-state index < -0.39 is 0 Å². The van der Waals surface area contributed by atoms with Gasteiger partial charge in [-0.25, -0.2) is 0 Å². The number of nitrogens with zero attached hydrogens (tertiary/aromatic N) is 1. The van der Waals surface area contributed by atoms with Crippen molar-refractivity contribution in [3.63, 3.8) is 0 Å². The summed E-state index contributed by atoms with van der Waals surface area (Å²) in [6.45, 7) is 4.31. The van der Waals surface area contributed by atoms with Crippen molar-refractivity contribution in [3.8, 4) is 11.5 Å². The molecule has 4 rings (SSSR count). The van der Waals surface area contributed by atoms with Crippen LogP contribution in [-0.4, -0.2) is 24.5 Å². The van der Waals surface area contributed by atoms with Crippen molar-refractivity contribution in [1.82, 2.24) is 0 Å². The number of amides is 2.